The molecular weight excluding hydrogens is 314 g/mol. The van der Waals surface area contributed by atoms with E-state index in [-0.39, 0.29) is 5.63 Å². The number of hydrogen-bond donors (Lipinski definition) is 1. The van der Waals surface area contributed by atoms with Gasteiger partial charge in [-0.3, -0.25) is 4.79 Å². The third kappa shape index (κ3) is 3.79. The maximum absolute atomic E-state index is 11.9. The summed E-state index contributed by atoms with van der Waals surface area (Å²) in [6.07, 6.45) is 3.11. The van der Waals surface area contributed by atoms with Crippen LogP contribution >= 0.6 is 0 Å². The number of carbonyl (C=O) groups excluding carboxylic acids is 1. The van der Waals surface area contributed by atoms with Crippen molar-refractivity contribution in [2.75, 3.05) is 7.05 Å². The van der Waals surface area contributed by atoms with E-state index in [1.807, 2.05) is 18.2 Å². The zero-order valence-electron chi connectivity index (χ0n) is 14.4. The number of aryl methyl sites for hydroxylation is 1. The predicted octanol–water partition coefficient (Wildman–Crippen LogP) is 4.01. The van der Waals surface area contributed by atoms with Crippen LogP contribution in [0.1, 0.15) is 29.9 Å². The van der Waals surface area contributed by atoms with Gasteiger partial charge in [-0.1, -0.05) is 36.4 Å². The molecule has 0 atom stereocenters. The maximum Gasteiger partial charge on any atom is 0.336 e. The summed E-state index contributed by atoms with van der Waals surface area (Å²) in [4.78, 5) is 21.0. The van der Waals surface area contributed by atoms with Gasteiger partial charge in [0.2, 0.25) is 6.41 Å². The molecule has 4 nitrogen and oxygen atoms in total. The highest BCUT2D eigenvalue weighted by atomic mass is 16.4. The second-order valence-electron chi connectivity index (χ2n) is 6.23. The van der Waals surface area contributed by atoms with Crippen LogP contribution in [-0.2, 0) is 4.79 Å². The van der Waals surface area contributed by atoms with Crippen LogP contribution in [0.3, 0.4) is 0 Å². The average molecular weight is 335 g/mol. The normalized spacial score (nSPS) is 13.0. The van der Waals surface area contributed by atoms with Crippen molar-refractivity contribution in [2.24, 2.45) is 0 Å². The van der Waals surface area contributed by atoms with E-state index in [0.29, 0.717) is 17.9 Å². The van der Waals surface area contributed by atoms with Gasteiger partial charge >= 0.3 is 5.63 Å². The van der Waals surface area contributed by atoms with Gasteiger partial charge in [-0.15, -0.1) is 0 Å². The second-order valence-corrected chi connectivity index (χ2v) is 6.23. The van der Waals surface area contributed by atoms with Gasteiger partial charge in [0.15, 0.2) is 0 Å². The van der Waals surface area contributed by atoms with Crippen LogP contribution in [0.25, 0.3) is 22.1 Å². The minimum Gasteiger partial charge on any atom is -0.423 e. The summed E-state index contributed by atoms with van der Waals surface area (Å²) in [7, 11) is 1.56. The van der Waals surface area contributed by atoms with Crippen molar-refractivity contribution in [2.45, 2.75) is 25.7 Å². The molecule has 1 aromatic heterocycles. The molecule has 3 aromatic rings. The molecule has 1 aliphatic rings. The lowest BCUT2D eigenvalue weighted by Gasteiger charge is -2.09. The fourth-order valence-electron chi connectivity index (χ4n) is 2.95. The van der Waals surface area contributed by atoms with E-state index in [1.165, 1.54) is 18.4 Å². The number of benzene rings is 2. The molecule has 4 heteroatoms. The Hall–Kier alpha value is -2.88. The highest BCUT2D eigenvalue weighted by Gasteiger charge is 2.24. The number of carbonyl (C=O) groups is 1. The van der Waals surface area contributed by atoms with Crippen LogP contribution in [0.2, 0.25) is 0 Å². The van der Waals surface area contributed by atoms with Crippen LogP contribution < -0.4 is 10.9 Å². The second kappa shape index (κ2) is 7.34. The maximum atomic E-state index is 11.9. The van der Waals surface area contributed by atoms with Gasteiger partial charge in [0.05, 0.1) is 0 Å². The fraction of sp³-hybridized carbons (Fsp3) is 0.238. The molecule has 1 aliphatic carbocycles. The van der Waals surface area contributed by atoms with Crippen molar-refractivity contribution in [1.82, 2.24) is 5.32 Å². The largest absolute Gasteiger partial charge is 0.423 e. The molecule has 25 heavy (non-hydrogen) atoms. The summed E-state index contributed by atoms with van der Waals surface area (Å²) in [6, 6.07) is 16.0. The fourth-order valence-corrected chi connectivity index (χ4v) is 2.95. The molecule has 0 bridgehead atoms. The van der Waals surface area contributed by atoms with E-state index in [0.717, 1.165) is 22.1 Å². The van der Waals surface area contributed by atoms with Crippen LogP contribution in [-0.4, -0.2) is 13.5 Å². The van der Waals surface area contributed by atoms with Crippen LogP contribution in [0.15, 0.2) is 57.7 Å². The highest BCUT2D eigenvalue weighted by Crippen LogP contribution is 2.41. The third-order valence-corrected chi connectivity index (χ3v) is 4.37. The Bertz CT molecular complexity index is 955. The predicted molar refractivity (Wildman–Crippen MR) is 99.8 cm³/mol. The summed E-state index contributed by atoms with van der Waals surface area (Å²) >= 11 is 0. The van der Waals surface area contributed by atoms with Gasteiger partial charge in [0.25, 0.3) is 0 Å². The molecule has 1 amide bonds. The van der Waals surface area contributed by atoms with Gasteiger partial charge < -0.3 is 9.73 Å². The Kier molecular flexibility index (Phi) is 4.98. The van der Waals surface area contributed by atoms with Gasteiger partial charge in [0.1, 0.15) is 5.58 Å². The Morgan fingerprint density at radius 2 is 1.80 bits per heavy atom. The highest BCUT2D eigenvalue weighted by molar-refractivity contribution is 5.94. The summed E-state index contributed by atoms with van der Waals surface area (Å²) in [5.41, 5.74) is 4.92. The average Bonchev–Trinajstić information content (AvgIpc) is 3.46. The SMILES string of the molecule is CNC=O.Cc1ccccc1-c1cc(=O)oc2cc(C3CC3)ccc12. The van der Waals surface area contributed by atoms with Crippen molar-refractivity contribution >= 4 is 17.4 Å². The molecule has 1 saturated carbocycles. The molecule has 1 N–H and O–H groups in total. The van der Waals surface area contributed by atoms with E-state index in [4.69, 9.17) is 9.21 Å². The Morgan fingerprint density at radius 3 is 2.44 bits per heavy atom. The van der Waals surface area contributed by atoms with E-state index < -0.39 is 0 Å². The first-order chi connectivity index (χ1) is 12.1. The number of rotatable bonds is 3. The molecule has 0 saturated heterocycles. The van der Waals surface area contributed by atoms with Gasteiger partial charge in [0, 0.05) is 24.1 Å². The monoisotopic (exact) mass is 335 g/mol. The molecule has 1 fully saturated rings. The Morgan fingerprint density at radius 1 is 1.08 bits per heavy atom. The summed E-state index contributed by atoms with van der Waals surface area (Å²) in [5.74, 6) is 0.654. The standard InChI is InChI=1S/C19H16O2.C2H5NO/c1-12-4-2-3-5-15(12)17-11-19(20)21-18-10-14(13-6-7-13)8-9-16(17)18;1-3-2-4/h2-5,8-11,13H,6-7H2,1H3;2H,1H3,(H,3,4). The van der Waals surface area contributed by atoms with Crippen LogP contribution in [0, 0.1) is 6.92 Å². The Balaban J connectivity index is 0.000000415. The minimum absolute atomic E-state index is 0.284. The van der Waals surface area contributed by atoms with Gasteiger partial charge in [-0.2, -0.15) is 0 Å². The van der Waals surface area contributed by atoms with Crippen LogP contribution in [0.5, 0.6) is 0 Å². The van der Waals surface area contributed by atoms with E-state index in [1.54, 1.807) is 13.1 Å². The minimum atomic E-state index is -0.284. The molecule has 2 aromatic carbocycles. The van der Waals surface area contributed by atoms with Crippen molar-refractivity contribution < 1.29 is 9.21 Å². The number of hydrogen-bond acceptors (Lipinski definition) is 3. The summed E-state index contributed by atoms with van der Waals surface area (Å²) in [6.45, 7) is 2.06. The first kappa shape index (κ1) is 17.0. The van der Waals surface area contributed by atoms with Gasteiger partial charge in [-0.05, 0) is 48.4 Å². The number of fused-ring (bicyclic) bond motifs is 1. The lowest BCUT2D eigenvalue weighted by Crippen LogP contribution is -1.99. The Labute approximate surface area is 146 Å². The van der Waals surface area contributed by atoms with E-state index in [2.05, 4.69) is 36.5 Å². The summed E-state index contributed by atoms with van der Waals surface area (Å²) < 4.78 is 5.43. The number of amides is 1. The zero-order valence-corrected chi connectivity index (χ0v) is 14.4. The summed E-state index contributed by atoms with van der Waals surface area (Å²) in [5, 5.41) is 3.26. The molecule has 0 unspecified atom stereocenters. The molecule has 0 aliphatic heterocycles. The van der Waals surface area contributed by atoms with Crippen molar-refractivity contribution in [3.8, 4) is 11.1 Å². The molecule has 0 radical (unpaired) electrons. The topological polar surface area (TPSA) is 59.3 Å². The molecular formula is C21H21NO3. The van der Waals surface area contributed by atoms with Gasteiger partial charge in [-0.25, -0.2) is 4.79 Å². The lowest BCUT2D eigenvalue weighted by molar-refractivity contribution is -0.109. The third-order valence-electron chi connectivity index (χ3n) is 4.37. The first-order valence-corrected chi connectivity index (χ1v) is 8.38. The van der Waals surface area contributed by atoms with Crippen molar-refractivity contribution in [3.05, 3.63) is 70.1 Å². The van der Waals surface area contributed by atoms with E-state index in [9.17, 15) is 4.79 Å². The lowest BCUT2D eigenvalue weighted by atomic mass is 9.97. The van der Waals surface area contributed by atoms with Crippen LogP contribution in [0.4, 0.5) is 0 Å². The molecule has 4 rings (SSSR count). The van der Waals surface area contributed by atoms with E-state index >= 15 is 0 Å². The van der Waals surface area contributed by atoms with Crippen molar-refractivity contribution in [3.63, 3.8) is 0 Å². The molecule has 1 heterocycles. The molecule has 0 spiro atoms. The van der Waals surface area contributed by atoms with Crippen molar-refractivity contribution in [1.29, 1.82) is 0 Å². The smallest absolute Gasteiger partial charge is 0.336 e. The zero-order chi connectivity index (χ0) is 17.8. The molecule has 128 valence electrons. The quantitative estimate of drug-likeness (QED) is 0.581. The number of nitrogens with one attached hydrogen (secondary N) is 1. The first-order valence-electron chi connectivity index (χ1n) is 8.38.